The Balaban J connectivity index is 2.22. The van der Waals surface area contributed by atoms with Gasteiger partial charge in [0, 0.05) is 12.4 Å². The van der Waals surface area contributed by atoms with Crippen LogP contribution < -0.4 is 0 Å². The minimum atomic E-state index is -0.270. The largest absolute Gasteiger partial charge is 0.331 e. The highest BCUT2D eigenvalue weighted by atomic mass is 32.1. The van der Waals surface area contributed by atoms with Gasteiger partial charge in [-0.05, 0) is 49.0 Å². The number of halogens is 1. The highest BCUT2D eigenvalue weighted by Crippen LogP contribution is 2.24. The summed E-state index contributed by atoms with van der Waals surface area (Å²) in [7, 11) is 0. The molecule has 96 valence electrons. The van der Waals surface area contributed by atoms with Gasteiger partial charge in [-0.2, -0.15) is 0 Å². The smallest absolute Gasteiger partial charge is 0.178 e. The molecule has 3 aromatic rings. The van der Waals surface area contributed by atoms with Gasteiger partial charge >= 0.3 is 0 Å². The first-order valence-electron chi connectivity index (χ1n) is 5.96. The fourth-order valence-corrected chi connectivity index (χ4v) is 2.62. The van der Waals surface area contributed by atoms with E-state index in [1.54, 1.807) is 18.5 Å². The van der Waals surface area contributed by atoms with Crippen molar-refractivity contribution in [2.75, 3.05) is 0 Å². The number of nitrogens with zero attached hydrogens (tertiary/aromatic N) is 2. The summed E-state index contributed by atoms with van der Waals surface area (Å²) in [6.07, 6.45) is 3.52. The molecule has 2 heterocycles. The van der Waals surface area contributed by atoms with Crippen LogP contribution in [0.2, 0.25) is 0 Å². The molecule has 0 aliphatic rings. The van der Waals surface area contributed by atoms with Crippen molar-refractivity contribution in [3.63, 3.8) is 0 Å². The van der Waals surface area contributed by atoms with Crippen molar-refractivity contribution >= 4 is 23.3 Å². The minimum absolute atomic E-state index is 0.00301. The predicted molar refractivity (Wildman–Crippen MR) is 75.1 cm³/mol. The van der Waals surface area contributed by atoms with Crippen LogP contribution in [-0.2, 0) is 0 Å². The van der Waals surface area contributed by atoms with Crippen LogP contribution in [0, 0.1) is 10.6 Å². The number of fused-ring (bicyclic) bond motifs is 1. The molecule has 1 atom stereocenters. The van der Waals surface area contributed by atoms with Gasteiger partial charge in [-0.15, -0.1) is 0 Å². The van der Waals surface area contributed by atoms with Crippen LogP contribution in [0.15, 0.2) is 42.7 Å². The van der Waals surface area contributed by atoms with Crippen molar-refractivity contribution in [1.29, 1.82) is 0 Å². The Morgan fingerprint density at radius 2 is 2.21 bits per heavy atom. The van der Waals surface area contributed by atoms with Crippen LogP contribution in [0.3, 0.4) is 0 Å². The number of aromatic amines is 1. The lowest BCUT2D eigenvalue weighted by atomic mass is 10.1. The molecule has 0 saturated heterocycles. The van der Waals surface area contributed by atoms with Gasteiger partial charge in [-0.25, -0.2) is 4.39 Å². The lowest BCUT2D eigenvalue weighted by molar-refractivity contribution is 0.622. The first-order chi connectivity index (χ1) is 9.16. The SMILES string of the molecule is CC(c1cccnc1)n1c(=S)[nH]c2ccc(F)cc21. The third-order valence-electron chi connectivity index (χ3n) is 3.23. The van der Waals surface area contributed by atoms with E-state index in [2.05, 4.69) is 9.97 Å². The Bertz CT molecular complexity index is 776. The number of hydrogen-bond acceptors (Lipinski definition) is 2. The number of nitrogens with one attached hydrogen (secondary N) is 1. The number of benzene rings is 1. The minimum Gasteiger partial charge on any atom is -0.331 e. The Kier molecular flexibility index (Phi) is 2.91. The van der Waals surface area contributed by atoms with Crippen molar-refractivity contribution < 1.29 is 4.39 Å². The second kappa shape index (κ2) is 4.59. The van der Waals surface area contributed by atoms with Crippen molar-refractivity contribution in [3.8, 4) is 0 Å². The van der Waals surface area contributed by atoms with E-state index in [0.717, 1.165) is 16.6 Å². The number of pyridine rings is 1. The molecule has 0 spiro atoms. The van der Waals surface area contributed by atoms with Gasteiger partial charge in [-0.3, -0.25) is 4.98 Å². The molecule has 5 heteroatoms. The van der Waals surface area contributed by atoms with Gasteiger partial charge in [0.2, 0.25) is 0 Å². The third kappa shape index (κ3) is 2.06. The zero-order valence-corrected chi connectivity index (χ0v) is 11.1. The normalized spacial score (nSPS) is 12.7. The van der Waals surface area contributed by atoms with Gasteiger partial charge in [0.05, 0.1) is 17.1 Å². The van der Waals surface area contributed by atoms with E-state index < -0.39 is 0 Å². The molecular weight excluding hydrogens is 261 g/mol. The number of H-pyrrole nitrogens is 1. The lowest BCUT2D eigenvalue weighted by Gasteiger charge is -2.14. The van der Waals surface area contributed by atoms with Crippen molar-refractivity contribution in [2.45, 2.75) is 13.0 Å². The molecule has 0 radical (unpaired) electrons. The molecule has 0 fully saturated rings. The van der Waals surface area contributed by atoms with E-state index >= 15 is 0 Å². The summed E-state index contributed by atoms with van der Waals surface area (Å²) in [5.41, 5.74) is 2.63. The molecule has 1 unspecified atom stereocenters. The van der Waals surface area contributed by atoms with Crippen LogP contribution in [-0.4, -0.2) is 14.5 Å². The maximum absolute atomic E-state index is 13.4. The molecule has 0 amide bonds. The monoisotopic (exact) mass is 273 g/mol. The topological polar surface area (TPSA) is 33.6 Å². The standard InChI is InChI=1S/C14H12FN3S/c1-9(10-3-2-6-16-8-10)18-13-7-11(15)4-5-12(13)17-14(18)19/h2-9H,1H3,(H,17,19). The number of rotatable bonds is 2. The molecule has 0 saturated carbocycles. The Labute approximate surface area is 114 Å². The molecule has 0 aliphatic heterocycles. The van der Waals surface area contributed by atoms with E-state index in [1.165, 1.54) is 12.1 Å². The fraction of sp³-hybridized carbons (Fsp3) is 0.143. The van der Waals surface area contributed by atoms with E-state index in [4.69, 9.17) is 12.2 Å². The summed E-state index contributed by atoms with van der Waals surface area (Å²) in [5, 5.41) is 0. The molecule has 1 aromatic carbocycles. The summed E-state index contributed by atoms with van der Waals surface area (Å²) in [6.45, 7) is 2.02. The second-order valence-electron chi connectivity index (χ2n) is 4.42. The van der Waals surface area contributed by atoms with E-state index in [1.807, 2.05) is 23.6 Å². The van der Waals surface area contributed by atoms with Crippen LogP contribution >= 0.6 is 12.2 Å². The van der Waals surface area contributed by atoms with Gasteiger partial charge < -0.3 is 9.55 Å². The lowest BCUT2D eigenvalue weighted by Crippen LogP contribution is -2.07. The number of imidazole rings is 1. The molecule has 0 bridgehead atoms. The summed E-state index contributed by atoms with van der Waals surface area (Å²) in [6, 6.07) is 8.48. The number of hydrogen-bond donors (Lipinski definition) is 1. The zero-order chi connectivity index (χ0) is 13.4. The second-order valence-corrected chi connectivity index (χ2v) is 4.81. The predicted octanol–water partition coefficient (Wildman–Crippen LogP) is 3.84. The van der Waals surface area contributed by atoms with Gasteiger partial charge in [0.1, 0.15) is 5.82 Å². The molecule has 0 aliphatic carbocycles. The Morgan fingerprint density at radius 1 is 1.37 bits per heavy atom. The zero-order valence-electron chi connectivity index (χ0n) is 10.3. The maximum Gasteiger partial charge on any atom is 0.178 e. The molecule has 3 rings (SSSR count). The van der Waals surface area contributed by atoms with Crippen molar-refractivity contribution in [3.05, 3.63) is 58.9 Å². The molecule has 3 nitrogen and oxygen atoms in total. The van der Waals surface area contributed by atoms with Gasteiger partial charge in [-0.1, -0.05) is 6.07 Å². The maximum atomic E-state index is 13.4. The number of aromatic nitrogens is 3. The molecule has 2 aromatic heterocycles. The Morgan fingerprint density at radius 3 is 2.95 bits per heavy atom. The average molecular weight is 273 g/mol. The van der Waals surface area contributed by atoms with Crippen LogP contribution in [0.25, 0.3) is 11.0 Å². The summed E-state index contributed by atoms with van der Waals surface area (Å²) in [5.74, 6) is -0.270. The van der Waals surface area contributed by atoms with Crippen molar-refractivity contribution in [2.24, 2.45) is 0 Å². The summed E-state index contributed by atoms with van der Waals surface area (Å²) >= 11 is 5.34. The van der Waals surface area contributed by atoms with Crippen molar-refractivity contribution in [1.82, 2.24) is 14.5 Å². The first-order valence-corrected chi connectivity index (χ1v) is 6.37. The highest BCUT2D eigenvalue weighted by Gasteiger charge is 2.13. The molecular formula is C14H12FN3S. The molecule has 19 heavy (non-hydrogen) atoms. The highest BCUT2D eigenvalue weighted by molar-refractivity contribution is 7.71. The average Bonchev–Trinajstić information content (AvgIpc) is 2.74. The Hall–Kier alpha value is -2.01. The van der Waals surface area contributed by atoms with Crippen LogP contribution in [0.4, 0.5) is 4.39 Å². The first kappa shape index (κ1) is 12.0. The van der Waals surface area contributed by atoms with Gasteiger partial charge in [0.15, 0.2) is 4.77 Å². The van der Waals surface area contributed by atoms with E-state index in [-0.39, 0.29) is 11.9 Å². The summed E-state index contributed by atoms with van der Waals surface area (Å²) < 4.78 is 15.9. The quantitative estimate of drug-likeness (QED) is 0.720. The van der Waals surface area contributed by atoms with Crippen LogP contribution in [0.1, 0.15) is 18.5 Å². The third-order valence-corrected chi connectivity index (χ3v) is 3.53. The van der Waals surface area contributed by atoms with E-state index in [9.17, 15) is 4.39 Å². The summed E-state index contributed by atoms with van der Waals surface area (Å²) in [4.78, 5) is 7.21. The van der Waals surface area contributed by atoms with Crippen LogP contribution in [0.5, 0.6) is 0 Å². The molecule has 1 N–H and O–H groups in total. The van der Waals surface area contributed by atoms with E-state index in [0.29, 0.717) is 4.77 Å². The fourth-order valence-electron chi connectivity index (χ4n) is 2.25. The van der Waals surface area contributed by atoms with Gasteiger partial charge in [0.25, 0.3) is 0 Å².